The minimum atomic E-state index is -0.333. The van der Waals surface area contributed by atoms with Crippen LogP contribution in [0, 0.1) is 0 Å². The van der Waals surface area contributed by atoms with E-state index in [9.17, 15) is 0 Å². The number of nitrogens with zero attached hydrogens (tertiary/aromatic N) is 3. The molecule has 3 N–H and O–H groups in total. The van der Waals surface area contributed by atoms with Crippen LogP contribution in [-0.2, 0) is 6.54 Å². The summed E-state index contributed by atoms with van der Waals surface area (Å²) in [6.45, 7) is 8.73. The summed E-state index contributed by atoms with van der Waals surface area (Å²) in [4.78, 5) is 4.44. The number of nitrogens with one attached hydrogen (secondary N) is 1. The van der Waals surface area contributed by atoms with Crippen molar-refractivity contribution < 1.29 is 4.74 Å². The second-order valence-corrected chi connectivity index (χ2v) is 6.08. The predicted molar refractivity (Wildman–Crippen MR) is 84.3 cm³/mol. The summed E-state index contributed by atoms with van der Waals surface area (Å²) in [5.41, 5.74) is 6.11. The Morgan fingerprint density at radius 1 is 1.38 bits per heavy atom. The van der Waals surface area contributed by atoms with E-state index in [0.717, 1.165) is 12.4 Å². The van der Waals surface area contributed by atoms with Crippen LogP contribution in [0.25, 0.3) is 0 Å². The highest BCUT2D eigenvalue weighted by Gasteiger charge is 2.16. The Labute approximate surface area is 125 Å². The maximum absolute atomic E-state index is 5.91. The van der Waals surface area contributed by atoms with Gasteiger partial charge in [0.15, 0.2) is 0 Å². The highest BCUT2D eigenvalue weighted by atomic mass is 16.5. The Hall–Kier alpha value is -2.24. The number of nitrogen functional groups attached to an aromatic ring is 1. The Bertz CT molecular complexity index is 574. The molecular weight excluding hydrogens is 266 g/mol. The smallest absolute Gasteiger partial charge is 0.239 e. The third-order valence-electron chi connectivity index (χ3n) is 2.71. The second-order valence-electron chi connectivity index (χ2n) is 6.08. The van der Waals surface area contributed by atoms with Gasteiger partial charge in [-0.1, -0.05) is 0 Å². The van der Waals surface area contributed by atoms with Crippen LogP contribution in [0.3, 0.4) is 0 Å². The summed E-state index contributed by atoms with van der Waals surface area (Å²) in [6, 6.07) is 5.74. The van der Waals surface area contributed by atoms with E-state index >= 15 is 0 Å². The Morgan fingerprint density at radius 2 is 2.14 bits per heavy atom. The predicted octanol–water partition coefficient (Wildman–Crippen LogP) is 2.54. The molecule has 0 saturated carbocycles. The van der Waals surface area contributed by atoms with Crippen LogP contribution in [0.15, 0.2) is 30.6 Å². The molecule has 21 heavy (non-hydrogen) atoms. The van der Waals surface area contributed by atoms with E-state index in [0.29, 0.717) is 11.6 Å². The van der Waals surface area contributed by atoms with Crippen molar-refractivity contribution in [2.45, 2.75) is 45.9 Å². The topological polar surface area (TPSA) is 78.0 Å². The minimum Gasteiger partial charge on any atom is -0.470 e. The number of nitrogens with two attached hydrogens (primary N) is 1. The van der Waals surface area contributed by atoms with Crippen LogP contribution in [-0.4, -0.2) is 26.4 Å². The quantitative estimate of drug-likeness (QED) is 0.884. The lowest BCUT2D eigenvalue weighted by atomic mass is 10.2. The van der Waals surface area contributed by atoms with Crippen molar-refractivity contribution in [3.8, 4) is 5.88 Å². The molecule has 0 fully saturated rings. The molecule has 0 aliphatic heterocycles. The summed E-state index contributed by atoms with van der Waals surface area (Å²) in [6.07, 6.45) is 3.70. The maximum atomic E-state index is 5.91. The number of rotatable bonds is 5. The molecule has 1 atom stereocenters. The van der Waals surface area contributed by atoms with Gasteiger partial charge in [-0.05, 0) is 45.9 Å². The van der Waals surface area contributed by atoms with E-state index in [2.05, 4.69) is 22.3 Å². The van der Waals surface area contributed by atoms with Crippen LogP contribution in [0.5, 0.6) is 5.88 Å². The summed E-state index contributed by atoms with van der Waals surface area (Å²) in [5.74, 6) is 1.20. The molecule has 0 bridgehead atoms. The first-order valence-corrected chi connectivity index (χ1v) is 7.03. The Kier molecular flexibility index (Phi) is 4.35. The lowest BCUT2D eigenvalue weighted by molar-refractivity contribution is 0.125. The minimum absolute atomic E-state index is 0.184. The molecule has 2 heterocycles. The van der Waals surface area contributed by atoms with Gasteiger partial charge in [0, 0.05) is 18.4 Å². The normalized spacial score (nSPS) is 13.0. The number of ether oxygens (including phenoxy) is 1. The van der Waals surface area contributed by atoms with Crippen molar-refractivity contribution in [1.82, 2.24) is 14.8 Å². The molecule has 6 heteroatoms. The summed E-state index contributed by atoms with van der Waals surface area (Å²) in [7, 11) is 0. The molecule has 0 spiro atoms. The molecule has 2 rings (SSSR count). The van der Waals surface area contributed by atoms with Crippen molar-refractivity contribution in [2.24, 2.45) is 0 Å². The fourth-order valence-corrected chi connectivity index (χ4v) is 1.89. The summed E-state index contributed by atoms with van der Waals surface area (Å²) >= 11 is 0. The largest absolute Gasteiger partial charge is 0.470 e. The Balaban J connectivity index is 2.04. The molecule has 0 radical (unpaired) electrons. The number of hydrogen-bond acceptors (Lipinski definition) is 5. The van der Waals surface area contributed by atoms with E-state index in [1.807, 2.05) is 43.8 Å². The van der Waals surface area contributed by atoms with E-state index in [1.165, 1.54) is 0 Å². The lowest BCUT2D eigenvalue weighted by Crippen LogP contribution is -2.25. The number of anilines is 2. The van der Waals surface area contributed by atoms with E-state index in [-0.39, 0.29) is 11.6 Å². The van der Waals surface area contributed by atoms with Gasteiger partial charge in [-0.2, -0.15) is 10.1 Å². The molecule has 0 aromatic carbocycles. The van der Waals surface area contributed by atoms with Gasteiger partial charge in [0.2, 0.25) is 5.88 Å². The molecule has 0 aliphatic rings. The average molecular weight is 289 g/mol. The molecular formula is C15H23N5O. The number of pyridine rings is 1. The molecule has 6 nitrogen and oxygen atoms in total. The van der Waals surface area contributed by atoms with Crippen molar-refractivity contribution in [3.05, 3.63) is 30.6 Å². The van der Waals surface area contributed by atoms with E-state index in [1.54, 1.807) is 12.3 Å². The zero-order chi connectivity index (χ0) is 15.5. The van der Waals surface area contributed by atoms with Gasteiger partial charge in [-0.25, -0.2) is 0 Å². The number of aromatic nitrogens is 3. The van der Waals surface area contributed by atoms with Gasteiger partial charge >= 0.3 is 0 Å². The second kappa shape index (κ2) is 6.03. The zero-order valence-electron chi connectivity index (χ0n) is 13.0. The van der Waals surface area contributed by atoms with Crippen molar-refractivity contribution in [1.29, 1.82) is 0 Å². The van der Waals surface area contributed by atoms with E-state index in [4.69, 9.17) is 10.5 Å². The monoisotopic (exact) mass is 289 g/mol. The molecule has 1 unspecified atom stereocenters. The van der Waals surface area contributed by atoms with Crippen molar-refractivity contribution in [2.75, 3.05) is 11.1 Å². The first kappa shape index (κ1) is 15.2. The number of hydrogen-bond donors (Lipinski definition) is 2. The van der Waals surface area contributed by atoms with Gasteiger partial charge in [-0.3, -0.25) is 4.68 Å². The van der Waals surface area contributed by atoms with Crippen LogP contribution in [0.2, 0.25) is 0 Å². The summed E-state index contributed by atoms with van der Waals surface area (Å²) in [5, 5.41) is 7.52. The molecule has 114 valence electrons. The first-order chi connectivity index (χ1) is 9.83. The van der Waals surface area contributed by atoms with Gasteiger partial charge in [0.1, 0.15) is 11.4 Å². The maximum Gasteiger partial charge on any atom is 0.239 e. The third-order valence-corrected chi connectivity index (χ3v) is 2.71. The summed E-state index contributed by atoms with van der Waals surface area (Å²) < 4.78 is 7.64. The van der Waals surface area contributed by atoms with Crippen LogP contribution < -0.4 is 15.8 Å². The van der Waals surface area contributed by atoms with Crippen molar-refractivity contribution >= 4 is 11.5 Å². The van der Waals surface area contributed by atoms with Gasteiger partial charge in [0.25, 0.3) is 0 Å². The lowest BCUT2D eigenvalue weighted by Gasteiger charge is -2.22. The molecule has 0 saturated heterocycles. The highest BCUT2D eigenvalue weighted by Crippen LogP contribution is 2.25. The van der Waals surface area contributed by atoms with Gasteiger partial charge in [-0.15, -0.1) is 0 Å². The van der Waals surface area contributed by atoms with Crippen molar-refractivity contribution in [3.63, 3.8) is 0 Å². The third kappa shape index (κ3) is 4.66. The van der Waals surface area contributed by atoms with Gasteiger partial charge in [0.05, 0.1) is 12.2 Å². The molecule has 0 amide bonds. The van der Waals surface area contributed by atoms with Crippen LogP contribution in [0.4, 0.5) is 11.5 Å². The molecule has 2 aromatic rings. The SMILES string of the molecule is CC(Cn1cccn1)Nc1ccc(N)c(OC(C)(C)C)n1. The van der Waals surface area contributed by atoms with Crippen LogP contribution >= 0.6 is 0 Å². The zero-order valence-corrected chi connectivity index (χ0v) is 13.0. The first-order valence-electron chi connectivity index (χ1n) is 7.03. The average Bonchev–Trinajstić information content (AvgIpc) is 2.84. The standard InChI is InChI=1S/C15H23N5O/c1-11(10-20-9-5-8-17-20)18-13-7-6-12(16)14(19-13)21-15(2,3)4/h5-9,11H,10,16H2,1-4H3,(H,18,19). The fraction of sp³-hybridized carbons (Fsp3) is 0.467. The Morgan fingerprint density at radius 3 is 2.76 bits per heavy atom. The molecule has 0 aliphatic carbocycles. The van der Waals surface area contributed by atoms with Crippen LogP contribution in [0.1, 0.15) is 27.7 Å². The fourth-order valence-electron chi connectivity index (χ4n) is 1.89. The van der Waals surface area contributed by atoms with Gasteiger partial charge < -0.3 is 15.8 Å². The van der Waals surface area contributed by atoms with E-state index < -0.39 is 0 Å². The highest BCUT2D eigenvalue weighted by molar-refractivity contribution is 5.54. The molecule has 2 aromatic heterocycles.